The molecule has 0 fully saturated rings. The molecule has 0 unspecified atom stereocenters. The minimum absolute atomic E-state index is 0.116. The van der Waals surface area contributed by atoms with Crippen LogP contribution in [0.25, 0.3) is 10.6 Å². The Balaban J connectivity index is 2.29. The highest BCUT2D eigenvalue weighted by Crippen LogP contribution is 2.35. The number of carbonyl (C=O) groups excluding carboxylic acids is 1. The molecule has 2 heterocycles. The zero-order valence-corrected chi connectivity index (χ0v) is 12.8. The van der Waals surface area contributed by atoms with Gasteiger partial charge in [0, 0.05) is 11.4 Å². The maximum absolute atomic E-state index is 12.6. The second-order valence-corrected chi connectivity index (χ2v) is 5.72. The molecule has 0 radical (unpaired) electrons. The molecular weight excluding hydrogens is 329 g/mol. The van der Waals surface area contributed by atoms with E-state index in [1.54, 1.807) is 6.92 Å². The number of H-pyrrole nitrogens is 1. The van der Waals surface area contributed by atoms with Crippen LogP contribution in [0.3, 0.4) is 0 Å². The van der Waals surface area contributed by atoms with Gasteiger partial charge in [0.15, 0.2) is 0 Å². The van der Waals surface area contributed by atoms with Crippen LogP contribution in [0.5, 0.6) is 0 Å². The highest BCUT2D eigenvalue weighted by Gasteiger charge is 2.31. The lowest BCUT2D eigenvalue weighted by Crippen LogP contribution is -2.34. The van der Waals surface area contributed by atoms with Crippen molar-refractivity contribution < 1.29 is 18.0 Å². The van der Waals surface area contributed by atoms with Crippen molar-refractivity contribution in [1.82, 2.24) is 10.3 Å². The number of aromatic amines is 1. The van der Waals surface area contributed by atoms with Gasteiger partial charge in [-0.25, -0.2) is 0 Å². The van der Waals surface area contributed by atoms with Gasteiger partial charge in [0.1, 0.15) is 5.56 Å². The van der Waals surface area contributed by atoms with Crippen molar-refractivity contribution in [2.75, 3.05) is 0 Å². The van der Waals surface area contributed by atoms with Gasteiger partial charge in [-0.05, 0) is 25.1 Å². The van der Waals surface area contributed by atoms with Crippen molar-refractivity contribution in [2.45, 2.75) is 19.1 Å². The maximum atomic E-state index is 12.6. The molecule has 2 aromatic rings. The molecule has 0 saturated heterocycles. The predicted octanol–water partition coefficient (Wildman–Crippen LogP) is 3.43. The molecule has 2 rings (SSSR count). The molecule has 0 saturated carbocycles. The van der Waals surface area contributed by atoms with Gasteiger partial charge in [0.05, 0.1) is 16.1 Å². The molecule has 2 N–H and O–H groups in total. The summed E-state index contributed by atoms with van der Waals surface area (Å²) in [5.41, 5.74) is -1.34. The van der Waals surface area contributed by atoms with Gasteiger partial charge in [-0.15, -0.1) is 17.9 Å². The van der Waals surface area contributed by atoms with E-state index in [0.717, 1.165) is 22.8 Å². The summed E-state index contributed by atoms with van der Waals surface area (Å²) in [5.74, 6) is -0.577. The summed E-state index contributed by atoms with van der Waals surface area (Å²) in [5, 5.41) is 3.52. The summed E-state index contributed by atoms with van der Waals surface area (Å²) < 4.78 is 37.8. The third kappa shape index (κ3) is 3.89. The Hall–Kier alpha value is -2.35. The zero-order valence-electron chi connectivity index (χ0n) is 12.0. The second kappa shape index (κ2) is 6.41. The first-order valence-corrected chi connectivity index (χ1v) is 7.43. The molecule has 0 aliphatic carbocycles. The van der Waals surface area contributed by atoms with E-state index in [1.165, 1.54) is 18.2 Å². The van der Waals surface area contributed by atoms with Crippen molar-refractivity contribution >= 4 is 17.2 Å². The SMILES string of the molecule is C=C[C@H](C)NC(=O)c1ccc(-c2cc(C(F)(F)F)cs2)[nH]c1=O. The largest absolute Gasteiger partial charge is 0.417 e. The van der Waals surface area contributed by atoms with Crippen molar-refractivity contribution in [3.05, 3.63) is 57.7 Å². The van der Waals surface area contributed by atoms with Crippen LogP contribution in [-0.4, -0.2) is 16.9 Å². The van der Waals surface area contributed by atoms with Crippen molar-refractivity contribution in [1.29, 1.82) is 0 Å². The van der Waals surface area contributed by atoms with Gasteiger partial charge in [0.2, 0.25) is 0 Å². The number of thiophene rings is 1. The van der Waals surface area contributed by atoms with E-state index >= 15 is 0 Å². The van der Waals surface area contributed by atoms with Gasteiger partial charge in [-0.3, -0.25) is 9.59 Å². The molecule has 0 aliphatic rings. The van der Waals surface area contributed by atoms with E-state index in [4.69, 9.17) is 0 Å². The van der Waals surface area contributed by atoms with E-state index in [-0.39, 0.29) is 22.2 Å². The second-order valence-electron chi connectivity index (χ2n) is 4.81. The molecule has 0 aromatic carbocycles. The van der Waals surface area contributed by atoms with Crippen LogP contribution in [0.2, 0.25) is 0 Å². The summed E-state index contributed by atoms with van der Waals surface area (Å²) in [4.78, 5) is 26.6. The number of hydrogen-bond acceptors (Lipinski definition) is 3. The summed E-state index contributed by atoms with van der Waals surface area (Å²) in [7, 11) is 0. The molecule has 0 spiro atoms. The third-order valence-electron chi connectivity index (χ3n) is 3.06. The molecule has 122 valence electrons. The Morgan fingerprint density at radius 2 is 2.13 bits per heavy atom. The lowest BCUT2D eigenvalue weighted by Gasteiger charge is -2.08. The van der Waals surface area contributed by atoms with Crippen LogP contribution in [0.15, 0.2) is 41.0 Å². The molecule has 2 aromatic heterocycles. The number of aromatic nitrogens is 1. The number of pyridine rings is 1. The van der Waals surface area contributed by atoms with Crippen LogP contribution in [0, 0.1) is 0 Å². The van der Waals surface area contributed by atoms with Gasteiger partial charge in [-0.1, -0.05) is 6.08 Å². The van der Waals surface area contributed by atoms with E-state index in [2.05, 4.69) is 16.9 Å². The number of nitrogens with one attached hydrogen (secondary N) is 2. The molecule has 1 amide bonds. The van der Waals surface area contributed by atoms with Crippen LogP contribution < -0.4 is 10.9 Å². The molecule has 1 atom stereocenters. The molecule has 23 heavy (non-hydrogen) atoms. The fraction of sp³-hybridized carbons (Fsp3) is 0.200. The first-order chi connectivity index (χ1) is 10.7. The first-order valence-electron chi connectivity index (χ1n) is 6.55. The van der Waals surface area contributed by atoms with Crippen molar-refractivity contribution in [2.24, 2.45) is 0 Å². The van der Waals surface area contributed by atoms with E-state index in [9.17, 15) is 22.8 Å². The van der Waals surface area contributed by atoms with Crippen LogP contribution in [0.4, 0.5) is 13.2 Å². The Morgan fingerprint density at radius 1 is 1.43 bits per heavy atom. The zero-order chi connectivity index (χ0) is 17.2. The average Bonchev–Trinajstić information content (AvgIpc) is 2.96. The fourth-order valence-electron chi connectivity index (χ4n) is 1.77. The Morgan fingerprint density at radius 3 is 2.65 bits per heavy atom. The summed E-state index contributed by atoms with van der Waals surface area (Å²) in [6.07, 6.45) is -2.93. The van der Waals surface area contributed by atoms with E-state index in [1.807, 2.05) is 0 Å². The van der Waals surface area contributed by atoms with Gasteiger partial charge < -0.3 is 10.3 Å². The fourth-order valence-corrected chi connectivity index (χ4v) is 2.66. The Labute approximate surface area is 133 Å². The van der Waals surface area contributed by atoms with Crippen LogP contribution >= 0.6 is 11.3 Å². The maximum Gasteiger partial charge on any atom is 0.417 e. The summed E-state index contributed by atoms with van der Waals surface area (Å²) >= 11 is 0.863. The lowest BCUT2D eigenvalue weighted by atomic mass is 10.2. The molecule has 0 aliphatic heterocycles. The molecule has 0 bridgehead atoms. The van der Waals surface area contributed by atoms with Crippen LogP contribution in [0.1, 0.15) is 22.8 Å². The molecule has 4 nitrogen and oxygen atoms in total. The van der Waals surface area contributed by atoms with E-state index in [0.29, 0.717) is 0 Å². The number of halogens is 3. The standard InChI is InChI=1S/C15H13F3N2O2S/c1-3-8(2)19-13(21)10-4-5-11(20-14(10)22)12-6-9(7-23-12)15(16,17)18/h3-8H,1H2,2H3,(H,19,21)(H,20,22)/t8-/m0/s1. The van der Waals surface area contributed by atoms with Crippen LogP contribution in [-0.2, 0) is 6.18 Å². The van der Waals surface area contributed by atoms with Gasteiger partial charge in [0.25, 0.3) is 11.5 Å². The van der Waals surface area contributed by atoms with Crippen molar-refractivity contribution in [3.63, 3.8) is 0 Å². The monoisotopic (exact) mass is 342 g/mol. The molecular formula is C15H13F3N2O2S. The normalized spacial score (nSPS) is 12.7. The average molecular weight is 342 g/mol. The number of alkyl halides is 3. The molecule has 8 heteroatoms. The minimum atomic E-state index is -4.43. The number of hydrogen-bond donors (Lipinski definition) is 2. The highest BCUT2D eigenvalue weighted by molar-refractivity contribution is 7.13. The number of carbonyl (C=O) groups is 1. The van der Waals surface area contributed by atoms with Gasteiger partial charge >= 0.3 is 6.18 Å². The number of amides is 1. The summed E-state index contributed by atoms with van der Waals surface area (Å²) in [6, 6.07) is 3.33. The smallest absolute Gasteiger partial charge is 0.346 e. The van der Waals surface area contributed by atoms with Crippen molar-refractivity contribution in [3.8, 4) is 10.6 Å². The lowest BCUT2D eigenvalue weighted by molar-refractivity contribution is -0.137. The predicted molar refractivity (Wildman–Crippen MR) is 82.5 cm³/mol. The van der Waals surface area contributed by atoms with Gasteiger partial charge in [-0.2, -0.15) is 13.2 Å². The van der Waals surface area contributed by atoms with E-state index < -0.39 is 23.2 Å². The Kier molecular flexibility index (Phi) is 4.74. The minimum Gasteiger partial charge on any atom is -0.346 e. The topological polar surface area (TPSA) is 62.0 Å². The summed E-state index contributed by atoms with van der Waals surface area (Å²) in [6.45, 7) is 5.21. The highest BCUT2D eigenvalue weighted by atomic mass is 32.1. The number of rotatable bonds is 4. The quantitative estimate of drug-likeness (QED) is 0.836. The first kappa shape index (κ1) is 17.0. The Bertz CT molecular complexity index is 793. The third-order valence-corrected chi connectivity index (χ3v) is 4.02.